The van der Waals surface area contributed by atoms with Crippen molar-refractivity contribution in [3.05, 3.63) is 41.8 Å². The number of anilines is 1. The lowest BCUT2D eigenvalue weighted by molar-refractivity contribution is 0.324. The lowest BCUT2D eigenvalue weighted by Crippen LogP contribution is -1.95. The van der Waals surface area contributed by atoms with Gasteiger partial charge in [-0.2, -0.15) is 0 Å². The molecule has 0 saturated heterocycles. The molecule has 0 aliphatic rings. The number of thiazole rings is 1. The molecule has 0 atom stereocenters. The van der Waals surface area contributed by atoms with Crippen LogP contribution >= 0.6 is 11.3 Å². The lowest BCUT2D eigenvalue weighted by atomic mass is 10.1. The smallest absolute Gasteiger partial charge is 0.203 e. The van der Waals surface area contributed by atoms with Gasteiger partial charge in [-0.05, 0) is 24.3 Å². The van der Waals surface area contributed by atoms with Crippen LogP contribution < -0.4 is 19.9 Å². The van der Waals surface area contributed by atoms with Crippen LogP contribution in [0, 0.1) is 0 Å². The minimum absolute atomic E-state index is 0.569. The summed E-state index contributed by atoms with van der Waals surface area (Å²) in [4.78, 5) is 4.71. The Morgan fingerprint density at radius 2 is 1.50 bits per heavy atom. The van der Waals surface area contributed by atoms with E-state index in [1.165, 1.54) is 0 Å². The summed E-state index contributed by atoms with van der Waals surface area (Å²) in [5.74, 6) is 1.78. The van der Waals surface area contributed by atoms with E-state index in [-0.39, 0.29) is 0 Å². The maximum atomic E-state index is 5.73. The summed E-state index contributed by atoms with van der Waals surface area (Å²) in [5.41, 5.74) is 9.32. The minimum Gasteiger partial charge on any atom is -0.493 e. The van der Waals surface area contributed by atoms with Gasteiger partial charge in [-0.3, -0.25) is 0 Å². The maximum absolute atomic E-state index is 5.73. The first-order valence-electron chi connectivity index (χ1n) is 7.28. The highest BCUT2D eigenvalue weighted by Crippen LogP contribution is 2.42. The second-order valence-corrected chi connectivity index (χ2v) is 5.93. The largest absolute Gasteiger partial charge is 0.493 e. The summed E-state index contributed by atoms with van der Waals surface area (Å²) in [6, 6.07) is 11.5. The van der Waals surface area contributed by atoms with Crippen LogP contribution in [0.2, 0.25) is 0 Å². The highest BCUT2D eigenvalue weighted by Gasteiger charge is 2.16. The molecule has 3 aromatic rings. The molecule has 124 valence electrons. The van der Waals surface area contributed by atoms with Gasteiger partial charge in [0.15, 0.2) is 11.5 Å². The first-order valence-corrected chi connectivity index (χ1v) is 8.16. The average molecular weight is 342 g/mol. The Morgan fingerprint density at radius 3 is 2.04 bits per heavy atom. The second-order valence-electron chi connectivity index (χ2n) is 5.07. The zero-order valence-electron chi connectivity index (χ0n) is 13.7. The maximum Gasteiger partial charge on any atom is 0.203 e. The summed E-state index contributed by atoms with van der Waals surface area (Å²) in [6.45, 7) is 0. The van der Waals surface area contributed by atoms with Crippen molar-refractivity contribution in [2.24, 2.45) is 0 Å². The predicted octanol–water partition coefficient (Wildman–Crippen LogP) is 4.09. The first-order chi connectivity index (χ1) is 11.7. The molecule has 0 fully saturated rings. The van der Waals surface area contributed by atoms with Crippen molar-refractivity contribution in [2.75, 3.05) is 27.1 Å². The van der Waals surface area contributed by atoms with E-state index < -0.39 is 0 Å². The highest BCUT2D eigenvalue weighted by atomic mass is 32.1. The number of rotatable bonds is 5. The topological polar surface area (TPSA) is 66.6 Å². The quantitative estimate of drug-likeness (QED) is 0.708. The summed E-state index contributed by atoms with van der Waals surface area (Å²) in [6.07, 6.45) is 0. The molecule has 1 aromatic heterocycles. The van der Waals surface area contributed by atoms with Crippen molar-refractivity contribution in [1.29, 1.82) is 0 Å². The van der Waals surface area contributed by atoms with E-state index in [0.717, 1.165) is 27.5 Å². The molecule has 1 heterocycles. The van der Waals surface area contributed by atoms with Gasteiger partial charge >= 0.3 is 0 Å². The number of hydrogen-bond acceptors (Lipinski definition) is 6. The van der Waals surface area contributed by atoms with E-state index in [0.29, 0.717) is 17.2 Å². The van der Waals surface area contributed by atoms with E-state index in [1.54, 1.807) is 32.7 Å². The number of nitrogen functional groups attached to an aromatic ring is 1. The van der Waals surface area contributed by atoms with Crippen molar-refractivity contribution in [3.63, 3.8) is 0 Å². The van der Waals surface area contributed by atoms with Gasteiger partial charge in [0.05, 0.1) is 27.0 Å². The lowest BCUT2D eigenvalue weighted by Gasteiger charge is -2.13. The summed E-state index contributed by atoms with van der Waals surface area (Å²) < 4.78 is 16.2. The van der Waals surface area contributed by atoms with Gasteiger partial charge < -0.3 is 19.9 Å². The number of hydrogen-bond donors (Lipinski definition) is 1. The molecule has 6 heteroatoms. The molecular weight excluding hydrogens is 324 g/mol. The van der Waals surface area contributed by atoms with Crippen LogP contribution in [0.4, 0.5) is 5.69 Å². The highest BCUT2D eigenvalue weighted by molar-refractivity contribution is 7.13. The van der Waals surface area contributed by atoms with Crippen LogP contribution in [0.5, 0.6) is 17.2 Å². The van der Waals surface area contributed by atoms with Crippen molar-refractivity contribution in [1.82, 2.24) is 4.98 Å². The van der Waals surface area contributed by atoms with Gasteiger partial charge in [-0.25, -0.2) is 4.98 Å². The third-order valence-corrected chi connectivity index (χ3v) is 4.51. The minimum atomic E-state index is 0.569. The molecule has 0 bridgehead atoms. The predicted molar refractivity (Wildman–Crippen MR) is 97.1 cm³/mol. The molecular formula is C18H18N2O3S. The summed E-state index contributed by atoms with van der Waals surface area (Å²) in [5, 5.41) is 2.89. The van der Waals surface area contributed by atoms with Crippen LogP contribution in [0.25, 0.3) is 21.8 Å². The number of ether oxygens (including phenoxy) is 3. The number of nitrogens with zero attached hydrogens (tertiary/aromatic N) is 1. The Labute approximate surface area is 144 Å². The Hall–Kier alpha value is -2.73. The summed E-state index contributed by atoms with van der Waals surface area (Å²) in [7, 11) is 4.79. The zero-order chi connectivity index (χ0) is 17.1. The van der Waals surface area contributed by atoms with Crippen LogP contribution in [-0.2, 0) is 0 Å². The van der Waals surface area contributed by atoms with Crippen molar-refractivity contribution < 1.29 is 14.2 Å². The van der Waals surface area contributed by atoms with Crippen molar-refractivity contribution >= 4 is 17.0 Å². The van der Waals surface area contributed by atoms with Gasteiger partial charge in [0, 0.05) is 22.2 Å². The third kappa shape index (κ3) is 3.00. The molecule has 5 nitrogen and oxygen atoms in total. The van der Waals surface area contributed by atoms with Crippen molar-refractivity contribution in [2.45, 2.75) is 0 Å². The Kier molecular flexibility index (Phi) is 4.57. The molecule has 0 saturated carbocycles. The SMILES string of the molecule is COc1cc(-c2nc(-c3ccc(N)cc3)cs2)cc(OC)c1OC. The van der Waals surface area contributed by atoms with Gasteiger partial charge in [0.25, 0.3) is 0 Å². The standard InChI is InChI=1S/C18H18N2O3S/c1-21-15-8-12(9-16(22-2)17(15)23-3)18-20-14(10-24-18)11-4-6-13(19)7-5-11/h4-10H,19H2,1-3H3. The molecule has 0 unspecified atom stereocenters. The number of benzene rings is 2. The normalized spacial score (nSPS) is 10.5. The van der Waals surface area contributed by atoms with Gasteiger partial charge in [0.1, 0.15) is 5.01 Å². The van der Waals surface area contributed by atoms with Crippen LogP contribution in [0.3, 0.4) is 0 Å². The van der Waals surface area contributed by atoms with Crippen LogP contribution in [0.1, 0.15) is 0 Å². The Morgan fingerprint density at radius 1 is 0.875 bits per heavy atom. The molecule has 0 radical (unpaired) electrons. The van der Waals surface area contributed by atoms with Crippen LogP contribution in [-0.4, -0.2) is 26.3 Å². The fourth-order valence-electron chi connectivity index (χ4n) is 2.40. The number of aromatic nitrogens is 1. The average Bonchev–Trinajstić information content (AvgIpc) is 3.11. The number of methoxy groups -OCH3 is 3. The Balaban J connectivity index is 2.02. The van der Waals surface area contributed by atoms with Gasteiger partial charge in [-0.1, -0.05) is 12.1 Å². The molecule has 0 amide bonds. The van der Waals surface area contributed by atoms with E-state index in [9.17, 15) is 0 Å². The third-order valence-electron chi connectivity index (χ3n) is 3.62. The monoisotopic (exact) mass is 342 g/mol. The fraction of sp³-hybridized carbons (Fsp3) is 0.167. The van der Waals surface area contributed by atoms with Gasteiger partial charge in [0.2, 0.25) is 5.75 Å². The van der Waals surface area contributed by atoms with E-state index in [1.807, 2.05) is 41.8 Å². The fourth-order valence-corrected chi connectivity index (χ4v) is 3.21. The van der Waals surface area contributed by atoms with Gasteiger partial charge in [-0.15, -0.1) is 11.3 Å². The zero-order valence-corrected chi connectivity index (χ0v) is 14.5. The first kappa shape index (κ1) is 16.1. The number of nitrogens with two attached hydrogens (primary N) is 1. The molecule has 0 aliphatic heterocycles. The molecule has 3 rings (SSSR count). The second kappa shape index (κ2) is 6.80. The van der Waals surface area contributed by atoms with Crippen molar-refractivity contribution in [3.8, 4) is 39.1 Å². The molecule has 24 heavy (non-hydrogen) atoms. The van der Waals surface area contributed by atoms with E-state index in [2.05, 4.69) is 0 Å². The summed E-state index contributed by atoms with van der Waals surface area (Å²) >= 11 is 1.56. The van der Waals surface area contributed by atoms with E-state index in [4.69, 9.17) is 24.9 Å². The Bertz CT molecular complexity index is 819. The van der Waals surface area contributed by atoms with Crippen LogP contribution in [0.15, 0.2) is 41.8 Å². The molecule has 0 aliphatic carbocycles. The molecule has 2 N–H and O–H groups in total. The van der Waals surface area contributed by atoms with E-state index >= 15 is 0 Å². The molecule has 0 spiro atoms. The molecule has 2 aromatic carbocycles.